The molecule has 0 radical (unpaired) electrons. The van der Waals surface area contributed by atoms with Gasteiger partial charge in [0.25, 0.3) is 0 Å². The van der Waals surface area contributed by atoms with Crippen LogP contribution in [-0.2, 0) is 6.42 Å². The van der Waals surface area contributed by atoms with Gasteiger partial charge in [-0.05, 0) is 36.6 Å². The molecule has 0 spiro atoms. The van der Waals surface area contributed by atoms with E-state index >= 15 is 0 Å². The predicted octanol–water partition coefficient (Wildman–Crippen LogP) is 3.96. The molecule has 3 aromatic rings. The Morgan fingerprint density at radius 3 is 2.85 bits per heavy atom. The molecule has 26 heavy (non-hydrogen) atoms. The van der Waals surface area contributed by atoms with Crippen LogP contribution < -0.4 is 20.1 Å². The molecular weight excluding hydrogens is 330 g/mol. The lowest BCUT2D eigenvalue weighted by Crippen LogP contribution is -2.04. The average Bonchev–Trinajstić information content (AvgIpc) is 3.11. The van der Waals surface area contributed by atoms with Gasteiger partial charge in [-0.1, -0.05) is 25.1 Å². The molecule has 0 atom stereocenters. The van der Waals surface area contributed by atoms with Crippen molar-refractivity contribution < 1.29 is 9.47 Å². The van der Waals surface area contributed by atoms with Crippen LogP contribution in [0.25, 0.3) is 0 Å². The second-order valence-corrected chi connectivity index (χ2v) is 5.95. The number of benzene rings is 2. The van der Waals surface area contributed by atoms with Gasteiger partial charge in [-0.15, -0.1) is 5.10 Å². The number of hydrogen-bond donors (Lipinski definition) is 2. The van der Waals surface area contributed by atoms with Gasteiger partial charge < -0.3 is 20.1 Å². The molecule has 1 aliphatic rings. The van der Waals surface area contributed by atoms with Gasteiger partial charge in [0.1, 0.15) is 0 Å². The number of aromatic nitrogens is 3. The maximum absolute atomic E-state index is 5.39. The summed E-state index contributed by atoms with van der Waals surface area (Å²) in [5.41, 5.74) is 4.25. The Labute approximate surface area is 151 Å². The zero-order chi connectivity index (χ0) is 17.9. The number of aryl methyl sites for hydroxylation is 2. The summed E-state index contributed by atoms with van der Waals surface area (Å²) in [6.45, 7) is 4.44. The molecule has 1 aliphatic heterocycles. The van der Waals surface area contributed by atoms with Crippen molar-refractivity contribution in [1.82, 2.24) is 15.2 Å². The number of para-hydroxylation sites is 1. The van der Waals surface area contributed by atoms with Gasteiger partial charge in [0.05, 0.1) is 6.20 Å². The number of ether oxygens (including phenoxy) is 2. The molecule has 7 nitrogen and oxygen atoms in total. The van der Waals surface area contributed by atoms with Gasteiger partial charge in [-0.3, -0.25) is 0 Å². The summed E-state index contributed by atoms with van der Waals surface area (Å²) in [6.07, 6.45) is 2.54. The molecule has 0 saturated carbocycles. The van der Waals surface area contributed by atoms with Gasteiger partial charge in [0.15, 0.2) is 17.3 Å². The first-order valence-corrected chi connectivity index (χ1v) is 8.45. The topological polar surface area (TPSA) is 81.2 Å². The standard InChI is InChI=1S/C19H19N5O2/c1-3-13-6-4-5-12(2)18(13)22-17-10-20-24-19(23-17)21-14-7-8-15-16(9-14)26-11-25-15/h4-10H,3,11H2,1-2H3,(H2,21,22,23,24). The third-order valence-electron chi connectivity index (χ3n) is 4.18. The van der Waals surface area contributed by atoms with E-state index in [4.69, 9.17) is 9.47 Å². The van der Waals surface area contributed by atoms with E-state index in [1.165, 1.54) is 5.56 Å². The van der Waals surface area contributed by atoms with E-state index in [1.807, 2.05) is 18.2 Å². The smallest absolute Gasteiger partial charge is 0.249 e. The number of fused-ring (bicyclic) bond motifs is 1. The zero-order valence-corrected chi connectivity index (χ0v) is 14.6. The van der Waals surface area contributed by atoms with Gasteiger partial charge in [-0.2, -0.15) is 10.1 Å². The van der Waals surface area contributed by atoms with Crippen LogP contribution in [0.5, 0.6) is 11.5 Å². The van der Waals surface area contributed by atoms with Crippen molar-refractivity contribution in [2.45, 2.75) is 20.3 Å². The van der Waals surface area contributed by atoms with Crippen LogP contribution in [0.4, 0.5) is 23.1 Å². The monoisotopic (exact) mass is 349 g/mol. The summed E-state index contributed by atoms with van der Waals surface area (Å²) in [5.74, 6) is 2.47. The number of nitrogens with zero attached hydrogens (tertiary/aromatic N) is 3. The Bertz CT molecular complexity index is 945. The van der Waals surface area contributed by atoms with Crippen molar-refractivity contribution in [3.05, 3.63) is 53.7 Å². The molecule has 2 heterocycles. The lowest BCUT2D eigenvalue weighted by molar-refractivity contribution is 0.174. The lowest BCUT2D eigenvalue weighted by Gasteiger charge is -2.13. The molecular formula is C19H19N5O2. The highest BCUT2D eigenvalue weighted by molar-refractivity contribution is 5.66. The summed E-state index contributed by atoms with van der Waals surface area (Å²) >= 11 is 0. The van der Waals surface area contributed by atoms with E-state index in [0.717, 1.165) is 29.1 Å². The number of hydrogen-bond acceptors (Lipinski definition) is 7. The minimum absolute atomic E-state index is 0.242. The summed E-state index contributed by atoms with van der Waals surface area (Å²) in [5, 5.41) is 14.6. The molecule has 0 unspecified atom stereocenters. The Kier molecular flexibility index (Phi) is 4.27. The van der Waals surface area contributed by atoms with Crippen LogP contribution in [0.2, 0.25) is 0 Å². The van der Waals surface area contributed by atoms with Gasteiger partial charge in [-0.25, -0.2) is 0 Å². The average molecular weight is 349 g/mol. The highest BCUT2D eigenvalue weighted by atomic mass is 16.7. The summed E-state index contributed by atoms with van der Waals surface area (Å²) in [7, 11) is 0. The summed E-state index contributed by atoms with van der Waals surface area (Å²) in [4.78, 5) is 4.51. The van der Waals surface area contributed by atoms with Crippen molar-refractivity contribution in [2.75, 3.05) is 17.4 Å². The SMILES string of the molecule is CCc1cccc(C)c1Nc1cnnc(Nc2ccc3c(c2)OCO3)n1. The fourth-order valence-corrected chi connectivity index (χ4v) is 2.85. The predicted molar refractivity (Wildman–Crippen MR) is 99.5 cm³/mol. The Balaban J connectivity index is 1.56. The third kappa shape index (κ3) is 3.23. The van der Waals surface area contributed by atoms with Crippen LogP contribution in [0, 0.1) is 6.92 Å². The normalized spacial score (nSPS) is 12.1. The largest absolute Gasteiger partial charge is 0.454 e. The zero-order valence-electron chi connectivity index (χ0n) is 14.6. The van der Waals surface area contributed by atoms with E-state index in [9.17, 15) is 0 Å². The van der Waals surface area contributed by atoms with Crippen molar-refractivity contribution in [3.63, 3.8) is 0 Å². The van der Waals surface area contributed by atoms with Crippen LogP contribution in [0.15, 0.2) is 42.6 Å². The molecule has 4 rings (SSSR count). The van der Waals surface area contributed by atoms with E-state index in [-0.39, 0.29) is 6.79 Å². The van der Waals surface area contributed by atoms with Crippen molar-refractivity contribution in [2.24, 2.45) is 0 Å². The first kappa shape index (κ1) is 16.1. The molecule has 0 aliphatic carbocycles. The Morgan fingerprint density at radius 1 is 1.08 bits per heavy atom. The van der Waals surface area contributed by atoms with E-state index in [0.29, 0.717) is 17.5 Å². The highest BCUT2D eigenvalue weighted by Crippen LogP contribution is 2.34. The molecule has 132 valence electrons. The van der Waals surface area contributed by atoms with Crippen molar-refractivity contribution in [1.29, 1.82) is 0 Å². The first-order chi connectivity index (χ1) is 12.7. The number of anilines is 4. The first-order valence-electron chi connectivity index (χ1n) is 8.45. The molecule has 0 fully saturated rings. The van der Waals surface area contributed by atoms with E-state index in [1.54, 1.807) is 6.20 Å². The second kappa shape index (κ2) is 6.87. The van der Waals surface area contributed by atoms with Gasteiger partial charge >= 0.3 is 0 Å². The molecule has 0 saturated heterocycles. The Hall–Kier alpha value is -3.35. The molecule has 0 amide bonds. The number of rotatable bonds is 5. The highest BCUT2D eigenvalue weighted by Gasteiger charge is 2.14. The molecule has 1 aromatic heterocycles. The maximum Gasteiger partial charge on any atom is 0.249 e. The number of nitrogens with one attached hydrogen (secondary N) is 2. The van der Waals surface area contributed by atoms with Gasteiger partial charge in [0.2, 0.25) is 12.7 Å². The Morgan fingerprint density at radius 2 is 1.96 bits per heavy atom. The summed E-state index contributed by atoms with van der Waals surface area (Å²) in [6, 6.07) is 11.8. The quantitative estimate of drug-likeness (QED) is 0.721. The molecule has 7 heteroatoms. The maximum atomic E-state index is 5.39. The van der Waals surface area contributed by atoms with Crippen molar-refractivity contribution >= 4 is 23.1 Å². The van der Waals surface area contributed by atoms with Crippen LogP contribution in [0.3, 0.4) is 0 Å². The van der Waals surface area contributed by atoms with E-state index in [2.05, 4.69) is 57.9 Å². The van der Waals surface area contributed by atoms with Crippen LogP contribution in [-0.4, -0.2) is 22.0 Å². The molecule has 2 aromatic carbocycles. The lowest BCUT2D eigenvalue weighted by atomic mass is 10.1. The van der Waals surface area contributed by atoms with Gasteiger partial charge in [0, 0.05) is 17.4 Å². The van der Waals surface area contributed by atoms with Crippen molar-refractivity contribution in [3.8, 4) is 11.5 Å². The minimum atomic E-state index is 0.242. The summed E-state index contributed by atoms with van der Waals surface area (Å²) < 4.78 is 10.7. The fraction of sp³-hybridized carbons (Fsp3) is 0.211. The molecule has 2 N–H and O–H groups in total. The second-order valence-electron chi connectivity index (χ2n) is 5.95. The minimum Gasteiger partial charge on any atom is -0.454 e. The molecule has 0 bridgehead atoms. The van der Waals surface area contributed by atoms with Crippen LogP contribution >= 0.6 is 0 Å². The third-order valence-corrected chi connectivity index (χ3v) is 4.18. The van der Waals surface area contributed by atoms with Crippen LogP contribution in [0.1, 0.15) is 18.1 Å². The fourth-order valence-electron chi connectivity index (χ4n) is 2.85. The van der Waals surface area contributed by atoms with E-state index < -0.39 is 0 Å².